The Kier molecular flexibility index (Phi) is 5.53. The van der Waals surface area contributed by atoms with Crippen molar-refractivity contribution in [2.45, 2.75) is 45.8 Å². The number of hydrogen-bond acceptors (Lipinski definition) is 4. The topological polar surface area (TPSA) is 83.1 Å². The molecule has 0 radical (unpaired) electrons. The zero-order valence-corrected chi connectivity index (χ0v) is 16.9. The molecule has 1 aromatic carbocycles. The predicted molar refractivity (Wildman–Crippen MR) is 110 cm³/mol. The summed E-state index contributed by atoms with van der Waals surface area (Å²) in [5, 5.41) is 7.27. The van der Waals surface area contributed by atoms with Gasteiger partial charge in [0.05, 0.1) is 23.3 Å². The van der Waals surface area contributed by atoms with E-state index in [-0.39, 0.29) is 18.3 Å². The molecule has 1 saturated heterocycles. The highest BCUT2D eigenvalue weighted by molar-refractivity contribution is 5.89. The fraction of sp³-hybridized carbons (Fsp3) is 0.476. The molecule has 0 spiro atoms. The van der Waals surface area contributed by atoms with E-state index >= 15 is 0 Å². The second-order valence-corrected chi connectivity index (χ2v) is 7.81. The van der Waals surface area contributed by atoms with Gasteiger partial charge in [-0.05, 0) is 50.8 Å². The lowest BCUT2D eigenvalue weighted by Crippen LogP contribution is -2.37. The minimum Gasteiger partial charge on any atom is -0.381 e. The quantitative estimate of drug-likeness (QED) is 0.718. The monoisotopic (exact) mass is 397 g/mol. The van der Waals surface area contributed by atoms with E-state index in [1.165, 1.54) is 4.57 Å². The molecule has 1 fully saturated rings. The van der Waals surface area contributed by atoms with Crippen molar-refractivity contribution < 1.29 is 9.53 Å². The molecule has 0 aliphatic carbocycles. The number of benzene rings is 1. The third kappa shape index (κ3) is 3.98. The Morgan fingerprint density at radius 1 is 1.21 bits per heavy atom. The first-order valence-electron chi connectivity index (χ1n) is 10.1. The smallest absolute Gasteiger partial charge is 0.337 e. The summed E-state index contributed by atoms with van der Waals surface area (Å²) in [6, 6.07) is 9.13. The van der Waals surface area contributed by atoms with Crippen LogP contribution in [0, 0.1) is 5.92 Å². The number of aromatic nitrogens is 4. The van der Waals surface area contributed by atoms with Crippen LogP contribution in [0.4, 0.5) is 4.79 Å². The maximum atomic E-state index is 13.1. The summed E-state index contributed by atoms with van der Waals surface area (Å²) >= 11 is 0. The number of fused-ring (bicyclic) bond motifs is 1. The Labute approximate surface area is 169 Å². The van der Waals surface area contributed by atoms with Crippen molar-refractivity contribution >= 4 is 17.1 Å². The number of carbonyl (C=O) groups is 1. The Balaban J connectivity index is 1.58. The molecular weight excluding hydrogens is 370 g/mol. The molecule has 0 saturated carbocycles. The highest BCUT2D eigenvalue weighted by atomic mass is 16.5. The molecule has 8 heteroatoms. The van der Waals surface area contributed by atoms with Gasteiger partial charge in [0, 0.05) is 32.0 Å². The van der Waals surface area contributed by atoms with Crippen molar-refractivity contribution in [1.82, 2.24) is 24.2 Å². The molecule has 154 valence electrons. The van der Waals surface area contributed by atoms with Crippen LogP contribution in [-0.4, -0.2) is 38.2 Å². The van der Waals surface area contributed by atoms with E-state index in [1.807, 2.05) is 55.1 Å². The third-order valence-electron chi connectivity index (χ3n) is 5.43. The van der Waals surface area contributed by atoms with E-state index in [4.69, 9.17) is 4.74 Å². The van der Waals surface area contributed by atoms with Crippen LogP contribution in [0.3, 0.4) is 0 Å². The van der Waals surface area contributed by atoms with Crippen molar-refractivity contribution in [2.24, 2.45) is 5.92 Å². The number of hydrogen-bond donors (Lipinski definition) is 1. The summed E-state index contributed by atoms with van der Waals surface area (Å²) < 4.78 is 10.2. The van der Waals surface area contributed by atoms with Gasteiger partial charge in [-0.2, -0.15) is 5.10 Å². The molecule has 2 aromatic heterocycles. The molecular formula is C21H27N5O3. The number of imidazole rings is 1. The van der Waals surface area contributed by atoms with Crippen LogP contribution in [0.25, 0.3) is 11.0 Å². The van der Waals surface area contributed by atoms with Gasteiger partial charge in [0.1, 0.15) is 0 Å². The van der Waals surface area contributed by atoms with Crippen molar-refractivity contribution in [3.05, 3.63) is 52.7 Å². The summed E-state index contributed by atoms with van der Waals surface area (Å²) in [7, 11) is 0. The fourth-order valence-electron chi connectivity index (χ4n) is 3.77. The van der Waals surface area contributed by atoms with Crippen LogP contribution in [0.5, 0.6) is 0 Å². The highest BCUT2D eigenvalue weighted by Crippen LogP contribution is 2.20. The molecule has 1 amide bonds. The normalized spacial score (nSPS) is 15.3. The van der Waals surface area contributed by atoms with E-state index in [0.717, 1.165) is 37.3 Å². The molecule has 0 unspecified atom stereocenters. The number of nitrogens with zero attached hydrogens (tertiary/aromatic N) is 4. The van der Waals surface area contributed by atoms with Crippen LogP contribution < -0.4 is 11.0 Å². The van der Waals surface area contributed by atoms with Crippen LogP contribution in [0.15, 0.2) is 41.3 Å². The van der Waals surface area contributed by atoms with Crippen molar-refractivity contribution in [1.29, 1.82) is 0 Å². The molecule has 1 N–H and O–H groups in total. The van der Waals surface area contributed by atoms with Gasteiger partial charge < -0.3 is 10.1 Å². The SMILES string of the molecule is CC(C)n1ccc(CNC(=O)n2c(=O)n(CC3CCOCC3)c3ccccc32)n1. The predicted octanol–water partition coefficient (Wildman–Crippen LogP) is 2.76. The molecule has 1 aliphatic heterocycles. The Hall–Kier alpha value is -2.87. The molecule has 1 aliphatic rings. The first-order valence-corrected chi connectivity index (χ1v) is 10.1. The maximum Gasteiger partial charge on any atom is 0.337 e. The molecule has 29 heavy (non-hydrogen) atoms. The highest BCUT2D eigenvalue weighted by Gasteiger charge is 2.22. The first-order chi connectivity index (χ1) is 14.0. The molecule has 0 bridgehead atoms. The van der Waals surface area contributed by atoms with E-state index < -0.39 is 6.03 Å². The van der Waals surface area contributed by atoms with Crippen LogP contribution in [0.1, 0.15) is 38.4 Å². The zero-order chi connectivity index (χ0) is 20.4. The Morgan fingerprint density at radius 2 is 1.93 bits per heavy atom. The maximum absolute atomic E-state index is 13.1. The van der Waals surface area contributed by atoms with E-state index in [1.54, 1.807) is 4.57 Å². The number of ether oxygens (including phenoxy) is 1. The second kappa shape index (κ2) is 8.24. The molecule has 4 rings (SSSR count). The van der Waals surface area contributed by atoms with Crippen LogP contribution in [-0.2, 0) is 17.8 Å². The first kappa shape index (κ1) is 19.4. The Morgan fingerprint density at radius 3 is 2.62 bits per heavy atom. The van der Waals surface area contributed by atoms with Gasteiger partial charge in [0.15, 0.2) is 0 Å². The standard InChI is InChI=1S/C21H27N5O3/c1-15(2)25-10-7-17(23-25)13-22-20(27)26-19-6-4-3-5-18(19)24(21(26)28)14-16-8-11-29-12-9-16/h3-7,10,15-16H,8-9,11-14H2,1-2H3,(H,22,27). The van der Waals surface area contributed by atoms with E-state index in [9.17, 15) is 9.59 Å². The number of nitrogens with one attached hydrogen (secondary N) is 1. The summed E-state index contributed by atoms with van der Waals surface area (Å²) in [5.41, 5.74) is 1.85. The minimum absolute atomic E-state index is 0.255. The van der Waals surface area contributed by atoms with E-state index in [0.29, 0.717) is 18.0 Å². The summed E-state index contributed by atoms with van der Waals surface area (Å²) in [4.78, 5) is 26.0. The third-order valence-corrected chi connectivity index (χ3v) is 5.43. The number of rotatable bonds is 5. The summed E-state index contributed by atoms with van der Waals surface area (Å²) in [6.45, 7) is 6.40. The second-order valence-electron chi connectivity index (χ2n) is 7.81. The lowest BCUT2D eigenvalue weighted by atomic mass is 10.0. The van der Waals surface area contributed by atoms with Gasteiger partial charge in [-0.25, -0.2) is 14.2 Å². The van der Waals surface area contributed by atoms with Crippen molar-refractivity contribution in [3.63, 3.8) is 0 Å². The van der Waals surface area contributed by atoms with Crippen molar-refractivity contribution in [2.75, 3.05) is 13.2 Å². The van der Waals surface area contributed by atoms with Gasteiger partial charge in [0.2, 0.25) is 0 Å². The molecule has 3 heterocycles. The fourth-order valence-corrected chi connectivity index (χ4v) is 3.77. The summed E-state index contributed by atoms with van der Waals surface area (Å²) in [5.74, 6) is 0.378. The van der Waals surface area contributed by atoms with Gasteiger partial charge in [-0.3, -0.25) is 9.25 Å². The van der Waals surface area contributed by atoms with Crippen LogP contribution in [0.2, 0.25) is 0 Å². The number of para-hydroxylation sites is 2. The van der Waals surface area contributed by atoms with Gasteiger partial charge in [-0.1, -0.05) is 12.1 Å². The lowest BCUT2D eigenvalue weighted by Gasteiger charge is -2.22. The Bertz CT molecular complexity index is 1060. The van der Waals surface area contributed by atoms with Crippen molar-refractivity contribution in [3.8, 4) is 0 Å². The minimum atomic E-state index is -0.434. The number of amides is 1. The molecule has 3 aromatic rings. The van der Waals surface area contributed by atoms with Crippen LogP contribution >= 0.6 is 0 Å². The molecule has 8 nitrogen and oxygen atoms in total. The lowest BCUT2D eigenvalue weighted by molar-refractivity contribution is 0.0613. The van der Waals surface area contributed by atoms with Gasteiger partial charge in [0.25, 0.3) is 0 Å². The van der Waals surface area contributed by atoms with E-state index in [2.05, 4.69) is 10.4 Å². The zero-order valence-electron chi connectivity index (χ0n) is 16.9. The number of carbonyl (C=O) groups excluding carboxylic acids is 1. The average molecular weight is 397 g/mol. The largest absolute Gasteiger partial charge is 0.381 e. The van der Waals surface area contributed by atoms with Gasteiger partial charge >= 0.3 is 11.7 Å². The summed E-state index contributed by atoms with van der Waals surface area (Å²) in [6.07, 6.45) is 3.74. The molecule has 0 atom stereocenters. The van der Waals surface area contributed by atoms with Gasteiger partial charge in [-0.15, -0.1) is 0 Å². The average Bonchev–Trinajstić information content (AvgIpc) is 3.31.